The summed E-state index contributed by atoms with van der Waals surface area (Å²) < 4.78 is 0. The molecule has 4 nitrogen and oxygen atoms in total. The van der Waals surface area contributed by atoms with E-state index in [-0.39, 0.29) is 30.3 Å². The Labute approximate surface area is 142 Å². The molecule has 24 heavy (non-hydrogen) atoms. The second-order valence-corrected chi connectivity index (χ2v) is 5.99. The second-order valence-electron chi connectivity index (χ2n) is 5.99. The highest BCUT2D eigenvalue weighted by Crippen LogP contribution is 2.12. The van der Waals surface area contributed by atoms with E-state index in [1.165, 1.54) is 0 Å². The molecule has 0 aliphatic heterocycles. The largest absolute Gasteiger partial charge is 0.508 e. The quantitative estimate of drug-likeness (QED) is 0.767. The fourth-order valence-electron chi connectivity index (χ4n) is 2.38. The van der Waals surface area contributed by atoms with Crippen LogP contribution in [-0.4, -0.2) is 23.3 Å². The second kappa shape index (κ2) is 8.29. The van der Waals surface area contributed by atoms with Crippen LogP contribution in [0.5, 0.6) is 5.75 Å². The lowest BCUT2D eigenvalue weighted by atomic mass is 10.0. The van der Waals surface area contributed by atoms with Gasteiger partial charge in [-0.3, -0.25) is 9.59 Å². The van der Waals surface area contributed by atoms with Crippen molar-refractivity contribution >= 4 is 11.7 Å². The standard InChI is InChI=1S/C20H23NO3/c1-14-3-6-17(13-15(14)2)19(23)9-10-20(24)21-12-11-16-4-7-18(22)8-5-16/h3-8,13,22H,9-12H2,1-2H3,(H,21,24). The van der Waals surface area contributed by atoms with E-state index in [2.05, 4.69) is 5.32 Å². The highest BCUT2D eigenvalue weighted by molar-refractivity contribution is 5.98. The SMILES string of the molecule is Cc1ccc(C(=O)CCC(=O)NCCc2ccc(O)cc2)cc1C. The first kappa shape index (κ1) is 17.7. The third-order valence-electron chi connectivity index (χ3n) is 4.08. The minimum absolute atomic E-state index is 0.00761. The van der Waals surface area contributed by atoms with Crippen molar-refractivity contribution in [3.8, 4) is 5.75 Å². The summed E-state index contributed by atoms with van der Waals surface area (Å²) in [6.45, 7) is 4.49. The van der Waals surface area contributed by atoms with Crippen molar-refractivity contribution < 1.29 is 14.7 Å². The van der Waals surface area contributed by atoms with Gasteiger partial charge >= 0.3 is 0 Å². The zero-order valence-corrected chi connectivity index (χ0v) is 14.1. The van der Waals surface area contributed by atoms with Crippen LogP contribution in [0.25, 0.3) is 0 Å². The van der Waals surface area contributed by atoms with E-state index in [0.29, 0.717) is 18.5 Å². The minimum atomic E-state index is -0.119. The molecule has 1 amide bonds. The number of carbonyl (C=O) groups excluding carboxylic acids is 2. The van der Waals surface area contributed by atoms with E-state index < -0.39 is 0 Å². The minimum Gasteiger partial charge on any atom is -0.508 e. The molecule has 0 aliphatic carbocycles. The van der Waals surface area contributed by atoms with Gasteiger partial charge in [-0.15, -0.1) is 0 Å². The van der Waals surface area contributed by atoms with Crippen LogP contribution in [-0.2, 0) is 11.2 Å². The van der Waals surface area contributed by atoms with Crippen LogP contribution >= 0.6 is 0 Å². The van der Waals surface area contributed by atoms with Crippen molar-refractivity contribution in [1.82, 2.24) is 5.32 Å². The average molecular weight is 325 g/mol. The lowest BCUT2D eigenvalue weighted by molar-refractivity contribution is -0.121. The molecule has 2 aromatic rings. The number of ketones is 1. The summed E-state index contributed by atoms with van der Waals surface area (Å²) in [6, 6.07) is 12.5. The predicted octanol–water partition coefficient (Wildman–Crippen LogP) is 3.33. The molecule has 0 aromatic heterocycles. The van der Waals surface area contributed by atoms with Crippen LogP contribution in [0.3, 0.4) is 0 Å². The van der Waals surface area contributed by atoms with E-state index in [1.54, 1.807) is 12.1 Å². The van der Waals surface area contributed by atoms with Gasteiger partial charge in [0.25, 0.3) is 0 Å². The van der Waals surface area contributed by atoms with Gasteiger partial charge in [-0.1, -0.05) is 24.3 Å². The van der Waals surface area contributed by atoms with Crippen LogP contribution in [0, 0.1) is 13.8 Å². The van der Waals surface area contributed by atoms with Gasteiger partial charge in [0.05, 0.1) is 0 Å². The van der Waals surface area contributed by atoms with E-state index in [9.17, 15) is 14.7 Å². The molecule has 0 aliphatic rings. The molecule has 0 saturated carbocycles. The monoisotopic (exact) mass is 325 g/mol. The third-order valence-corrected chi connectivity index (χ3v) is 4.08. The van der Waals surface area contributed by atoms with Gasteiger partial charge in [-0.05, 0) is 55.2 Å². The number of hydrogen-bond acceptors (Lipinski definition) is 3. The van der Waals surface area contributed by atoms with Crippen LogP contribution in [0.15, 0.2) is 42.5 Å². The number of carbonyl (C=O) groups is 2. The molecule has 2 aromatic carbocycles. The fraction of sp³-hybridized carbons (Fsp3) is 0.300. The number of aryl methyl sites for hydroxylation is 2. The third kappa shape index (κ3) is 5.23. The topological polar surface area (TPSA) is 66.4 Å². The molecular formula is C20H23NO3. The Balaban J connectivity index is 1.73. The van der Waals surface area contributed by atoms with Gasteiger partial charge in [0.2, 0.25) is 5.91 Å². The van der Waals surface area contributed by atoms with Crippen LogP contribution in [0.2, 0.25) is 0 Å². The van der Waals surface area contributed by atoms with Crippen molar-refractivity contribution in [2.75, 3.05) is 6.54 Å². The maximum atomic E-state index is 12.1. The van der Waals surface area contributed by atoms with Crippen molar-refractivity contribution in [3.63, 3.8) is 0 Å². The van der Waals surface area contributed by atoms with Gasteiger partial charge in [-0.25, -0.2) is 0 Å². The Morgan fingerprint density at radius 3 is 2.33 bits per heavy atom. The van der Waals surface area contributed by atoms with Gasteiger partial charge in [0.15, 0.2) is 5.78 Å². The Hall–Kier alpha value is -2.62. The number of rotatable bonds is 7. The van der Waals surface area contributed by atoms with E-state index >= 15 is 0 Å². The lowest BCUT2D eigenvalue weighted by Gasteiger charge is -2.07. The number of benzene rings is 2. The van der Waals surface area contributed by atoms with Crippen molar-refractivity contribution in [3.05, 3.63) is 64.7 Å². The van der Waals surface area contributed by atoms with Gasteiger partial charge in [0, 0.05) is 24.9 Å². The summed E-state index contributed by atoms with van der Waals surface area (Å²) in [6.07, 6.45) is 1.10. The molecule has 0 radical (unpaired) electrons. The normalized spacial score (nSPS) is 10.4. The number of phenolic OH excluding ortho intramolecular Hbond substituents is 1. The number of aromatic hydroxyl groups is 1. The molecule has 0 atom stereocenters. The maximum absolute atomic E-state index is 12.1. The molecule has 4 heteroatoms. The summed E-state index contributed by atoms with van der Waals surface area (Å²) >= 11 is 0. The highest BCUT2D eigenvalue weighted by Gasteiger charge is 2.10. The van der Waals surface area contributed by atoms with Crippen molar-refractivity contribution in [2.45, 2.75) is 33.1 Å². The van der Waals surface area contributed by atoms with Gasteiger partial charge in [0.1, 0.15) is 5.75 Å². The van der Waals surface area contributed by atoms with Crippen LogP contribution in [0.1, 0.15) is 39.9 Å². The molecular weight excluding hydrogens is 302 g/mol. The molecule has 0 spiro atoms. The summed E-state index contributed by atoms with van der Waals surface area (Å²) in [5.41, 5.74) is 3.94. The zero-order chi connectivity index (χ0) is 17.5. The first-order valence-corrected chi connectivity index (χ1v) is 8.11. The molecule has 2 rings (SSSR count). The smallest absolute Gasteiger partial charge is 0.220 e. The summed E-state index contributed by atoms with van der Waals surface area (Å²) in [5, 5.41) is 12.0. The molecule has 0 unspecified atom stereocenters. The number of phenols is 1. The highest BCUT2D eigenvalue weighted by atomic mass is 16.3. The Bertz CT molecular complexity index is 720. The van der Waals surface area contributed by atoms with E-state index in [0.717, 1.165) is 16.7 Å². The van der Waals surface area contributed by atoms with Gasteiger partial charge < -0.3 is 10.4 Å². The molecule has 0 bridgehead atoms. The zero-order valence-electron chi connectivity index (χ0n) is 14.1. The Morgan fingerprint density at radius 2 is 1.67 bits per heavy atom. The first-order valence-electron chi connectivity index (χ1n) is 8.11. The van der Waals surface area contributed by atoms with Crippen molar-refractivity contribution in [1.29, 1.82) is 0 Å². The number of amides is 1. The first-order chi connectivity index (χ1) is 11.5. The van der Waals surface area contributed by atoms with E-state index in [4.69, 9.17) is 0 Å². The lowest BCUT2D eigenvalue weighted by Crippen LogP contribution is -2.26. The summed E-state index contributed by atoms with van der Waals surface area (Å²) in [4.78, 5) is 24.0. The van der Waals surface area contributed by atoms with E-state index in [1.807, 2.05) is 44.2 Å². The van der Waals surface area contributed by atoms with Crippen molar-refractivity contribution in [2.24, 2.45) is 0 Å². The summed E-state index contributed by atoms with van der Waals surface area (Å²) in [5.74, 6) is 0.102. The molecule has 2 N–H and O–H groups in total. The van der Waals surface area contributed by atoms with Crippen LogP contribution < -0.4 is 5.32 Å². The molecule has 126 valence electrons. The molecule has 0 fully saturated rings. The molecule has 0 saturated heterocycles. The summed E-state index contributed by atoms with van der Waals surface area (Å²) in [7, 11) is 0. The number of Topliss-reactive ketones (excluding diaryl/α,β-unsaturated/α-hetero) is 1. The number of nitrogens with one attached hydrogen (secondary N) is 1. The average Bonchev–Trinajstić information content (AvgIpc) is 2.57. The Morgan fingerprint density at radius 1 is 0.958 bits per heavy atom. The fourth-order valence-corrected chi connectivity index (χ4v) is 2.38. The van der Waals surface area contributed by atoms with Gasteiger partial charge in [-0.2, -0.15) is 0 Å². The predicted molar refractivity (Wildman–Crippen MR) is 94.3 cm³/mol. The molecule has 0 heterocycles. The van der Waals surface area contributed by atoms with Crippen LogP contribution in [0.4, 0.5) is 0 Å². The maximum Gasteiger partial charge on any atom is 0.220 e. The Kier molecular flexibility index (Phi) is 6.13. The number of hydrogen-bond donors (Lipinski definition) is 2.